The van der Waals surface area contributed by atoms with Gasteiger partial charge in [0.05, 0.1) is 17.2 Å². The summed E-state index contributed by atoms with van der Waals surface area (Å²) in [6.45, 7) is 2.73. The number of hydrogen-bond acceptors (Lipinski definition) is 4. The summed E-state index contributed by atoms with van der Waals surface area (Å²) < 4.78 is 1.84. The van der Waals surface area contributed by atoms with E-state index >= 15 is 0 Å². The van der Waals surface area contributed by atoms with Gasteiger partial charge in [0.25, 0.3) is 5.91 Å². The molecule has 0 unspecified atom stereocenters. The number of anilines is 1. The van der Waals surface area contributed by atoms with Crippen molar-refractivity contribution in [1.29, 1.82) is 0 Å². The molecule has 0 radical (unpaired) electrons. The lowest BCUT2D eigenvalue weighted by atomic mass is 10.2. The van der Waals surface area contributed by atoms with E-state index in [1.54, 1.807) is 36.5 Å². The highest BCUT2D eigenvalue weighted by atomic mass is 16.2. The van der Waals surface area contributed by atoms with Gasteiger partial charge in [0, 0.05) is 23.0 Å². The number of para-hydroxylation sites is 1. The lowest BCUT2D eigenvalue weighted by Crippen LogP contribution is -2.24. The Hall–Kier alpha value is -3.48. The molecule has 2 aromatic carbocycles. The third-order valence-electron chi connectivity index (χ3n) is 4.09. The molecule has 124 valence electrons. The molecule has 0 aliphatic heterocycles. The summed E-state index contributed by atoms with van der Waals surface area (Å²) in [5.41, 5.74) is 1.54. The van der Waals surface area contributed by atoms with Crippen molar-refractivity contribution in [3.8, 4) is 0 Å². The average Bonchev–Trinajstić information content (AvgIpc) is 3.04. The lowest BCUT2D eigenvalue weighted by Gasteiger charge is -2.06. The van der Waals surface area contributed by atoms with Gasteiger partial charge < -0.3 is 5.32 Å². The maximum absolute atomic E-state index is 12.5. The van der Waals surface area contributed by atoms with E-state index in [1.807, 2.05) is 23.7 Å². The molecule has 0 bridgehead atoms. The maximum atomic E-state index is 12.5. The fourth-order valence-electron chi connectivity index (χ4n) is 2.82. The van der Waals surface area contributed by atoms with Gasteiger partial charge in [-0.15, -0.1) is 0 Å². The summed E-state index contributed by atoms with van der Waals surface area (Å²) in [5, 5.41) is 15.1. The van der Waals surface area contributed by atoms with Gasteiger partial charge in [-0.1, -0.05) is 12.1 Å². The minimum absolute atomic E-state index is 0.164. The third kappa shape index (κ3) is 2.55. The summed E-state index contributed by atoms with van der Waals surface area (Å²) >= 11 is 0. The highest BCUT2D eigenvalue weighted by Gasteiger charge is 2.15. The van der Waals surface area contributed by atoms with Crippen LogP contribution in [0.2, 0.25) is 0 Å². The zero-order valence-corrected chi connectivity index (χ0v) is 13.5. The molecule has 0 aliphatic carbocycles. The number of nitrogens with zero attached hydrogens (tertiary/aromatic N) is 3. The Morgan fingerprint density at radius 2 is 2.08 bits per heavy atom. The Balaban J connectivity index is 1.70. The van der Waals surface area contributed by atoms with Crippen molar-refractivity contribution < 1.29 is 4.79 Å². The SMILES string of the molecule is CCn1ncc2ccc(NC(=O)c3n[nH]c4ccccc4c3=O)cc21. The number of carbonyl (C=O) groups is 1. The molecule has 0 aliphatic rings. The number of fused-ring (bicyclic) bond motifs is 2. The molecule has 2 heterocycles. The van der Waals surface area contributed by atoms with E-state index in [4.69, 9.17) is 0 Å². The van der Waals surface area contributed by atoms with Gasteiger partial charge >= 0.3 is 0 Å². The van der Waals surface area contributed by atoms with E-state index in [-0.39, 0.29) is 5.69 Å². The average molecular weight is 333 g/mol. The summed E-state index contributed by atoms with van der Waals surface area (Å²) in [5.74, 6) is -0.547. The summed E-state index contributed by atoms with van der Waals surface area (Å²) in [6, 6.07) is 12.4. The zero-order valence-electron chi connectivity index (χ0n) is 13.5. The molecule has 0 fully saturated rings. The van der Waals surface area contributed by atoms with Crippen LogP contribution in [0.3, 0.4) is 0 Å². The summed E-state index contributed by atoms with van der Waals surface area (Å²) in [4.78, 5) is 25.0. The molecular formula is C18H15N5O2. The molecular weight excluding hydrogens is 318 g/mol. The van der Waals surface area contributed by atoms with Crippen molar-refractivity contribution in [2.75, 3.05) is 5.32 Å². The Labute approximate surface area is 142 Å². The van der Waals surface area contributed by atoms with Crippen LogP contribution < -0.4 is 10.7 Å². The number of amides is 1. The van der Waals surface area contributed by atoms with Crippen LogP contribution in [0, 0.1) is 0 Å². The van der Waals surface area contributed by atoms with E-state index in [9.17, 15) is 9.59 Å². The van der Waals surface area contributed by atoms with Gasteiger partial charge in [-0.2, -0.15) is 10.2 Å². The molecule has 7 heteroatoms. The topological polar surface area (TPSA) is 92.7 Å². The van der Waals surface area contributed by atoms with Crippen molar-refractivity contribution in [3.05, 3.63) is 64.6 Å². The van der Waals surface area contributed by atoms with Gasteiger partial charge in [-0.25, -0.2) is 0 Å². The Bertz CT molecular complexity index is 1160. The van der Waals surface area contributed by atoms with E-state index in [0.717, 1.165) is 17.4 Å². The molecule has 7 nitrogen and oxygen atoms in total. The number of aryl methyl sites for hydroxylation is 1. The minimum Gasteiger partial charge on any atom is -0.320 e. The first-order valence-corrected chi connectivity index (χ1v) is 7.91. The number of aromatic amines is 1. The Morgan fingerprint density at radius 1 is 1.24 bits per heavy atom. The molecule has 0 saturated carbocycles. The first kappa shape index (κ1) is 15.1. The number of carbonyl (C=O) groups excluding carboxylic acids is 1. The van der Waals surface area contributed by atoms with E-state index in [0.29, 0.717) is 16.6 Å². The Kier molecular flexibility index (Phi) is 3.53. The second kappa shape index (κ2) is 5.86. The van der Waals surface area contributed by atoms with Crippen LogP contribution in [0.4, 0.5) is 5.69 Å². The molecule has 0 saturated heterocycles. The van der Waals surface area contributed by atoms with Crippen LogP contribution in [-0.2, 0) is 6.54 Å². The van der Waals surface area contributed by atoms with Crippen LogP contribution in [-0.4, -0.2) is 25.9 Å². The van der Waals surface area contributed by atoms with E-state index in [1.165, 1.54) is 0 Å². The molecule has 2 N–H and O–H groups in total. The van der Waals surface area contributed by atoms with Crippen molar-refractivity contribution in [2.24, 2.45) is 0 Å². The number of hydrogen-bond donors (Lipinski definition) is 2. The fourth-order valence-corrected chi connectivity index (χ4v) is 2.82. The van der Waals surface area contributed by atoms with Crippen LogP contribution in [0.1, 0.15) is 17.4 Å². The molecule has 2 aromatic heterocycles. The van der Waals surface area contributed by atoms with Crippen molar-refractivity contribution in [2.45, 2.75) is 13.5 Å². The van der Waals surface area contributed by atoms with Gasteiger partial charge in [-0.3, -0.25) is 19.4 Å². The quantitative estimate of drug-likeness (QED) is 0.602. The van der Waals surface area contributed by atoms with Crippen molar-refractivity contribution in [3.63, 3.8) is 0 Å². The lowest BCUT2D eigenvalue weighted by molar-refractivity contribution is 0.102. The van der Waals surface area contributed by atoms with Crippen LogP contribution in [0.15, 0.2) is 53.5 Å². The van der Waals surface area contributed by atoms with Crippen LogP contribution in [0.25, 0.3) is 21.8 Å². The molecule has 4 rings (SSSR count). The van der Waals surface area contributed by atoms with Crippen molar-refractivity contribution in [1.82, 2.24) is 20.0 Å². The smallest absolute Gasteiger partial charge is 0.280 e. The van der Waals surface area contributed by atoms with Gasteiger partial charge in [0.15, 0.2) is 5.69 Å². The molecule has 1 amide bonds. The second-order valence-electron chi connectivity index (χ2n) is 5.63. The standard InChI is InChI=1S/C18H15N5O2/c1-2-23-15-9-12(8-7-11(15)10-19-23)20-18(25)16-17(24)13-5-3-4-6-14(13)21-22-16/h3-10H,2H2,1H3,(H,20,25)(H,21,24). The van der Waals surface area contributed by atoms with Crippen LogP contribution >= 0.6 is 0 Å². The number of nitrogens with one attached hydrogen (secondary N) is 2. The van der Waals surface area contributed by atoms with Gasteiger partial charge in [-0.05, 0) is 37.3 Å². The summed E-state index contributed by atoms with van der Waals surface area (Å²) in [6.07, 6.45) is 1.78. The van der Waals surface area contributed by atoms with E-state index in [2.05, 4.69) is 20.6 Å². The predicted molar refractivity (Wildman–Crippen MR) is 95.7 cm³/mol. The highest BCUT2D eigenvalue weighted by molar-refractivity contribution is 6.05. The van der Waals surface area contributed by atoms with Crippen molar-refractivity contribution >= 4 is 33.4 Å². The van der Waals surface area contributed by atoms with Crippen LogP contribution in [0.5, 0.6) is 0 Å². The monoisotopic (exact) mass is 333 g/mol. The maximum Gasteiger partial charge on any atom is 0.280 e. The first-order chi connectivity index (χ1) is 12.2. The minimum atomic E-state index is -0.547. The fraction of sp³-hybridized carbons (Fsp3) is 0.111. The van der Waals surface area contributed by atoms with E-state index < -0.39 is 11.3 Å². The molecule has 25 heavy (non-hydrogen) atoms. The number of H-pyrrole nitrogens is 1. The highest BCUT2D eigenvalue weighted by Crippen LogP contribution is 2.19. The second-order valence-corrected chi connectivity index (χ2v) is 5.63. The van der Waals surface area contributed by atoms with Gasteiger partial charge in [0.2, 0.25) is 5.43 Å². The zero-order chi connectivity index (χ0) is 17.4. The Morgan fingerprint density at radius 3 is 2.92 bits per heavy atom. The van der Waals surface area contributed by atoms with Gasteiger partial charge in [0.1, 0.15) is 0 Å². The molecule has 0 atom stereocenters. The normalized spacial score (nSPS) is 11.1. The number of benzene rings is 2. The first-order valence-electron chi connectivity index (χ1n) is 7.91. The molecule has 0 spiro atoms. The molecule has 4 aromatic rings. The number of rotatable bonds is 3. The predicted octanol–water partition coefficient (Wildman–Crippen LogP) is 2.55. The number of aromatic nitrogens is 4. The third-order valence-corrected chi connectivity index (χ3v) is 4.09. The summed E-state index contributed by atoms with van der Waals surface area (Å²) in [7, 11) is 0. The largest absolute Gasteiger partial charge is 0.320 e.